The van der Waals surface area contributed by atoms with Crippen LogP contribution < -0.4 is 5.32 Å². The van der Waals surface area contributed by atoms with Crippen molar-refractivity contribution in [2.75, 3.05) is 27.2 Å². The number of rotatable bonds is 6. The van der Waals surface area contributed by atoms with Crippen molar-refractivity contribution < 1.29 is 13.2 Å². The fourth-order valence-corrected chi connectivity index (χ4v) is 2.27. The van der Waals surface area contributed by atoms with Crippen molar-refractivity contribution in [1.82, 2.24) is 10.2 Å². The number of hydrogen-bond donors (Lipinski definition) is 1. The van der Waals surface area contributed by atoms with Gasteiger partial charge in [0.05, 0.1) is 5.56 Å². The van der Waals surface area contributed by atoms with E-state index in [9.17, 15) is 13.2 Å². The number of hydrogen-bond acceptors (Lipinski definition) is 2. The molecule has 2 nitrogen and oxygen atoms in total. The van der Waals surface area contributed by atoms with Gasteiger partial charge in [0.2, 0.25) is 0 Å². The van der Waals surface area contributed by atoms with Crippen LogP contribution >= 0.6 is 0 Å². The van der Waals surface area contributed by atoms with E-state index < -0.39 is 11.7 Å². The Morgan fingerprint density at radius 2 is 1.60 bits per heavy atom. The van der Waals surface area contributed by atoms with Crippen molar-refractivity contribution in [2.24, 2.45) is 5.41 Å². The van der Waals surface area contributed by atoms with Crippen LogP contribution in [0.4, 0.5) is 13.2 Å². The molecule has 0 aliphatic heterocycles. The van der Waals surface area contributed by atoms with Crippen molar-refractivity contribution in [3.8, 4) is 0 Å². The predicted octanol–water partition coefficient (Wildman–Crippen LogP) is 3.38. The second kappa shape index (κ2) is 6.59. The van der Waals surface area contributed by atoms with Gasteiger partial charge >= 0.3 is 6.18 Å². The number of nitrogens with zero attached hydrogens (tertiary/aromatic N) is 1. The summed E-state index contributed by atoms with van der Waals surface area (Å²) in [6.07, 6.45) is -4.26. The molecule has 5 heteroatoms. The maximum Gasteiger partial charge on any atom is 0.416 e. The topological polar surface area (TPSA) is 15.3 Å². The smallest absolute Gasteiger partial charge is 0.312 e. The number of alkyl halides is 3. The highest BCUT2D eigenvalue weighted by atomic mass is 19.4. The van der Waals surface area contributed by atoms with E-state index in [-0.39, 0.29) is 5.41 Å². The Hall–Kier alpha value is -1.07. The second-order valence-electron chi connectivity index (χ2n) is 6.20. The van der Waals surface area contributed by atoms with E-state index in [0.717, 1.165) is 30.8 Å². The highest BCUT2D eigenvalue weighted by molar-refractivity contribution is 5.24. The molecule has 0 radical (unpaired) electrons. The number of benzene rings is 1. The van der Waals surface area contributed by atoms with E-state index in [1.165, 1.54) is 12.1 Å². The molecule has 0 unspecified atom stereocenters. The lowest BCUT2D eigenvalue weighted by Gasteiger charge is -2.28. The average Bonchev–Trinajstić information content (AvgIpc) is 2.26. The summed E-state index contributed by atoms with van der Waals surface area (Å²) in [7, 11) is 4.05. The molecule has 1 aromatic carbocycles. The fourth-order valence-electron chi connectivity index (χ4n) is 2.27. The summed E-state index contributed by atoms with van der Waals surface area (Å²) in [6.45, 7) is 6.66. The summed E-state index contributed by atoms with van der Waals surface area (Å²) < 4.78 is 37.3. The zero-order valence-electron chi connectivity index (χ0n) is 12.5. The van der Waals surface area contributed by atoms with Gasteiger partial charge in [0.25, 0.3) is 0 Å². The normalized spacial score (nSPS) is 13.0. The quantitative estimate of drug-likeness (QED) is 0.863. The molecule has 20 heavy (non-hydrogen) atoms. The first-order chi connectivity index (χ1) is 9.10. The Morgan fingerprint density at radius 3 is 2.05 bits per heavy atom. The standard InChI is InChI=1S/C15H23F3N2/c1-14(2,11-20(3)4)10-19-9-12-5-7-13(8-6-12)15(16,17)18/h5-8,19H,9-11H2,1-4H3. The summed E-state index contributed by atoms with van der Waals surface area (Å²) in [5, 5.41) is 3.30. The van der Waals surface area contributed by atoms with Gasteiger partial charge in [0.1, 0.15) is 0 Å². The van der Waals surface area contributed by atoms with Crippen LogP contribution in [0.3, 0.4) is 0 Å². The maximum absolute atomic E-state index is 12.4. The van der Waals surface area contributed by atoms with E-state index in [2.05, 4.69) is 24.1 Å². The van der Waals surface area contributed by atoms with Gasteiger partial charge in [-0.25, -0.2) is 0 Å². The number of halogens is 3. The Balaban J connectivity index is 2.47. The Bertz CT molecular complexity index is 408. The Morgan fingerprint density at radius 1 is 1.05 bits per heavy atom. The van der Waals surface area contributed by atoms with Gasteiger partial charge in [-0.3, -0.25) is 0 Å². The van der Waals surface area contributed by atoms with E-state index in [1.807, 2.05) is 14.1 Å². The van der Waals surface area contributed by atoms with Crippen LogP contribution in [0, 0.1) is 5.41 Å². The minimum atomic E-state index is -4.26. The van der Waals surface area contributed by atoms with E-state index in [4.69, 9.17) is 0 Å². The van der Waals surface area contributed by atoms with Gasteiger partial charge in [-0.2, -0.15) is 13.2 Å². The second-order valence-corrected chi connectivity index (χ2v) is 6.20. The first-order valence-corrected chi connectivity index (χ1v) is 6.62. The van der Waals surface area contributed by atoms with Gasteiger partial charge < -0.3 is 10.2 Å². The van der Waals surface area contributed by atoms with Crippen LogP contribution in [0.15, 0.2) is 24.3 Å². The van der Waals surface area contributed by atoms with Crippen LogP contribution in [0.2, 0.25) is 0 Å². The summed E-state index contributed by atoms with van der Waals surface area (Å²) in [5.41, 5.74) is 0.378. The molecule has 0 amide bonds. The minimum absolute atomic E-state index is 0.120. The number of nitrogens with one attached hydrogen (secondary N) is 1. The molecule has 1 rings (SSSR count). The van der Waals surface area contributed by atoms with Gasteiger partial charge in [0.15, 0.2) is 0 Å². The zero-order valence-corrected chi connectivity index (χ0v) is 12.5. The molecule has 1 aromatic rings. The van der Waals surface area contributed by atoms with Gasteiger partial charge in [-0.15, -0.1) is 0 Å². The molecule has 0 atom stereocenters. The summed E-state index contributed by atoms with van der Waals surface area (Å²) in [5.74, 6) is 0. The average molecular weight is 288 g/mol. The molecular weight excluding hydrogens is 265 g/mol. The molecule has 1 N–H and O–H groups in total. The molecule has 0 heterocycles. The van der Waals surface area contributed by atoms with E-state index in [0.29, 0.717) is 6.54 Å². The lowest BCUT2D eigenvalue weighted by atomic mass is 9.93. The molecule has 0 aliphatic rings. The molecule has 114 valence electrons. The van der Waals surface area contributed by atoms with E-state index in [1.54, 1.807) is 0 Å². The first kappa shape index (κ1) is 17.0. The lowest BCUT2D eigenvalue weighted by Crippen LogP contribution is -2.37. The maximum atomic E-state index is 12.4. The Labute approximate surface area is 119 Å². The van der Waals surface area contributed by atoms with Crippen molar-refractivity contribution >= 4 is 0 Å². The summed E-state index contributed by atoms with van der Waals surface area (Å²) >= 11 is 0. The monoisotopic (exact) mass is 288 g/mol. The molecular formula is C15H23F3N2. The fraction of sp³-hybridized carbons (Fsp3) is 0.600. The molecule has 0 saturated heterocycles. The zero-order chi connectivity index (χ0) is 15.4. The third kappa shape index (κ3) is 5.92. The highest BCUT2D eigenvalue weighted by Crippen LogP contribution is 2.29. The van der Waals surface area contributed by atoms with Crippen molar-refractivity contribution in [3.63, 3.8) is 0 Å². The molecule has 0 aliphatic carbocycles. The third-order valence-corrected chi connectivity index (χ3v) is 2.96. The first-order valence-electron chi connectivity index (χ1n) is 6.62. The third-order valence-electron chi connectivity index (χ3n) is 2.96. The van der Waals surface area contributed by atoms with Crippen LogP contribution in [0.5, 0.6) is 0 Å². The van der Waals surface area contributed by atoms with Crippen LogP contribution in [-0.4, -0.2) is 32.1 Å². The van der Waals surface area contributed by atoms with Gasteiger partial charge in [-0.1, -0.05) is 26.0 Å². The highest BCUT2D eigenvalue weighted by Gasteiger charge is 2.29. The molecule has 0 saturated carbocycles. The predicted molar refractivity (Wildman–Crippen MR) is 75.5 cm³/mol. The van der Waals surface area contributed by atoms with Gasteiger partial charge in [-0.05, 0) is 37.2 Å². The SMILES string of the molecule is CN(C)CC(C)(C)CNCc1ccc(C(F)(F)F)cc1. The molecule has 0 spiro atoms. The van der Waals surface area contributed by atoms with Gasteiger partial charge in [0, 0.05) is 19.6 Å². The lowest BCUT2D eigenvalue weighted by molar-refractivity contribution is -0.137. The largest absolute Gasteiger partial charge is 0.416 e. The summed E-state index contributed by atoms with van der Waals surface area (Å²) in [6, 6.07) is 5.30. The van der Waals surface area contributed by atoms with Crippen LogP contribution in [-0.2, 0) is 12.7 Å². The summed E-state index contributed by atoms with van der Waals surface area (Å²) in [4.78, 5) is 2.12. The van der Waals surface area contributed by atoms with Crippen molar-refractivity contribution in [1.29, 1.82) is 0 Å². The van der Waals surface area contributed by atoms with Crippen molar-refractivity contribution in [3.05, 3.63) is 35.4 Å². The van der Waals surface area contributed by atoms with Crippen LogP contribution in [0.25, 0.3) is 0 Å². The molecule has 0 bridgehead atoms. The molecule has 0 aromatic heterocycles. The Kier molecular flexibility index (Phi) is 5.59. The van der Waals surface area contributed by atoms with Crippen molar-refractivity contribution in [2.45, 2.75) is 26.6 Å². The molecule has 0 fully saturated rings. The van der Waals surface area contributed by atoms with E-state index >= 15 is 0 Å². The van der Waals surface area contributed by atoms with Crippen LogP contribution in [0.1, 0.15) is 25.0 Å². The minimum Gasteiger partial charge on any atom is -0.312 e.